The van der Waals surface area contributed by atoms with Gasteiger partial charge in [0.1, 0.15) is 5.82 Å². The number of hydrogen-bond acceptors (Lipinski definition) is 6. The zero-order valence-electron chi connectivity index (χ0n) is 10.3. The van der Waals surface area contributed by atoms with Crippen molar-refractivity contribution in [2.24, 2.45) is 12.8 Å². The number of hydrogen-bond donors (Lipinski definition) is 3. The molecule has 2 aromatic rings. The van der Waals surface area contributed by atoms with Crippen LogP contribution in [0.25, 0.3) is 11.0 Å². The van der Waals surface area contributed by atoms with E-state index in [4.69, 9.17) is 11.5 Å². The summed E-state index contributed by atoms with van der Waals surface area (Å²) in [5.74, 6) is 0.954. The van der Waals surface area contributed by atoms with Crippen LogP contribution in [-0.4, -0.2) is 31.8 Å². The predicted molar refractivity (Wildman–Crippen MR) is 70.0 cm³/mol. The molecule has 1 aliphatic rings. The molecule has 5 N–H and O–H groups in total. The fraction of sp³-hybridized carbons (Fsp3) is 0.545. The summed E-state index contributed by atoms with van der Waals surface area (Å²) in [6.45, 7) is 0.676. The first-order valence-corrected chi connectivity index (χ1v) is 6.05. The van der Waals surface area contributed by atoms with Crippen LogP contribution < -0.4 is 16.8 Å². The number of nitrogen functional groups attached to an aromatic ring is 1. The molecule has 0 radical (unpaired) electrons. The monoisotopic (exact) mass is 247 g/mol. The van der Waals surface area contributed by atoms with Gasteiger partial charge in [0.05, 0.1) is 11.6 Å². The molecule has 2 aromatic heterocycles. The van der Waals surface area contributed by atoms with E-state index < -0.39 is 0 Å². The van der Waals surface area contributed by atoms with Gasteiger partial charge in [-0.25, -0.2) is 0 Å². The predicted octanol–water partition coefficient (Wildman–Crippen LogP) is 0.239. The molecule has 0 saturated heterocycles. The van der Waals surface area contributed by atoms with Crippen LogP contribution in [0.1, 0.15) is 19.3 Å². The van der Waals surface area contributed by atoms with E-state index in [-0.39, 0.29) is 5.54 Å². The highest BCUT2D eigenvalue weighted by Crippen LogP contribution is 2.29. The average molecular weight is 247 g/mol. The van der Waals surface area contributed by atoms with Crippen LogP contribution in [0.15, 0.2) is 6.20 Å². The summed E-state index contributed by atoms with van der Waals surface area (Å²) in [5, 5.41) is 8.06. The average Bonchev–Trinajstić information content (AvgIpc) is 2.67. The number of nitrogens with one attached hydrogen (secondary N) is 1. The zero-order chi connectivity index (χ0) is 12.8. The van der Waals surface area contributed by atoms with Gasteiger partial charge >= 0.3 is 0 Å². The van der Waals surface area contributed by atoms with Crippen molar-refractivity contribution in [1.29, 1.82) is 0 Å². The van der Waals surface area contributed by atoms with Crippen molar-refractivity contribution in [3.05, 3.63) is 6.20 Å². The first-order chi connectivity index (χ1) is 8.57. The molecular weight excluding hydrogens is 230 g/mol. The van der Waals surface area contributed by atoms with E-state index in [0.717, 1.165) is 23.9 Å². The summed E-state index contributed by atoms with van der Waals surface area (Å²) < 4.78 is 1.68. The van der Waals surface area contributed by atoms with Crippen molar-refractivity contribution in [3.63, 3.8) is 0 Å². The van der Waals surface area contributed by atoms with Crippen LogP contribution in [0.2, 0.25) is 0 Å². The summed E-state index contributed by atoms with van der Waals surface area (Å²) in [6, 6.07) is 0. The standard InChI is InChI=1S/C11H17N7/c1-18-9-7(5-15-18)8(12)16-10(17-9)14-6-11(13)3-2-4-11/h5H,2-4,6,13H2,1H3,(H3,12,14,16,17). The molecule has 0 bridgehead atoms. The van der Waals surface area contributed by atoms with Crippen LogP contribution in [0.5, 0.6) is 0 Å². The second-order valence-corrected chi connectivity index (χ2v) is 5.01. The van der Waals surface area contributed by atoms with Crippen molar-refractivity contribution in [2.45, 2.75) is 24.8 Å². The largest absolute Gasteiger partial charge is 0.383 e. The highest BCUT2D eigenvalue weighted by Gasteiger charge is 2.32. The minimum Gasteiger partial charge on any atom is -0.383 e. The van der Waals surface area contributed by atoms with E-state index in [9.17, 15) is 0 Å². The third-order valence-corrected chi connectivity index (χ3v) is 3.57. The van der Waals surface area contributed by atoms with Gasteiger partial charge in [0.2, 0.25) is 5.95 Å². The molecule has 1 aliphatic carbocycles. The molecule has 7 heteroatoms. The van der Waals surface area contributed by atoms with Crippen molar-refractivity contribution in [3.8, 4) is 0 Å². The summed E-state index contributed by atoms with van der Waals surface area (Å²) in [6.07, 6.45) is 4.96. The lowest BCUT2D eigenvalue weighted by atomic mass is 9.78. The van der Waals surface area contributed by atoms with Crippen molar-refractivity contribution in [1.82, 2.24) is 19.7 Å². The fourth-order valence-corrected chi connectivity index (χ4v) is 2.19. The summed E-state index contributed by atoms with van der Waals surface area (Å²) in [4.78, 5) is 8.62. The molecule has 7 nitrogen and oxygen atoms in total. The normalized spacial score (nSPS) is 17.7. The maximum atomic E-state index is 6.14. The highest BCUT2D eigenvalue weighted by molar-refractivity contribution is 5.86. The van der Waals surface area contributed by atoms with Crippen LogP contribution in [0, 0.1) is 0 Å². The summed E-state index contributed by atoms with van der Waals surface area (Å²) in [5.41, 5.74) is 12.6. The molecular formula is C11H17N7. The number of fused-ring (bicyclic) bond motifs is 1. The maximum absolute atomic E-state index is 6.14. The quantitative estimate of drug-likeness (QED) is 0.717. The Kier molecular flexibility index (Phi) is 2.37. The van der Waals surface area contributed by atoms with Crippen LogP contribution >= 0.6 is 0 Å². The first kappa shape index (κ1) is 11.2. The van der Waals surface area contributed by atoms with Gasteiger partial charge < -0.3 is 16.8 Å². The van der Waals surface area contributed by atoms with E-state index in [2.05, 4.69) is 20.4 Å². The lowest BCUT2D eigenvalue weighted by Crippen LogP contribution is -2.52. The van der Waals surface area contributed by atoms with Gasteiger partial charge in [0, 0.05) is 19.1 Å². The Morgan fingerprint density at radius 1 is 1.44 bits per heavy atom. The van der Waals surface area contributed by atoms with E-state index >= 15 is 0 Å². The van der Waals surface area contributed by atoms with Gasteiger partial charge in [-0.3, -0.25) is 4.68 Å². The Morgan fingerprint density at radius 2 is 2.22 bits per heavy atom. The number of rotatable bonds is 3. The van der Waals surface area contributed by atoms with Gasteiger partial charge in [-0.2, -0.15) is 15.1 Å². The third-order valence-electron chi connectivity index (χ3n) is 3.57. The Morgan fingerprint density at radius 3 is 2.89 bits per heavy atom. The van der Waals surface area contributed by atoms with Gasteiger partial charge in [-0.15, -0.1) is 0 Å². The molecule has 96 valence electrons. The maximum Gasteiger partial charge on any atom is 0.226 e. The summed E-state index contributed by atoms with van der Waals surface area (Å²) in [7, 11) is 1.83. The molecule has 0 aliphatic heterocycles. The molecule has 0 atom stereocenters. The molecule has 3 rings (SSSR count). The highest BCUT2D eigenvalue weighted by atomic mass is 15.3. The van der Waals surface area contributed by atoms with Gasteiger partial charge in [0.15, 0.2) is 5.65 Å². The van der Waals surface area contributed by atoms with E-state index in [1.54, 1.807) is 10.9 Å². The first-order valence-electron chi connectivity index (χ1n) is 6.05. The minimum atomic E-state index is -0.112. The lowest BCUT2D eigenvalue weighted by Gasteiger charge is -2.38. The summed E-state index contributed by atoms with van der Waals surface area (Å²) >= 11 is 0. The number of aromatic nitrogens is 4. The molecule has 2 heterocycles. The smallest absolute Gasteiger partial charge is 0.226 e. The topological polar surface area (TPSA) is 108 Å². The molecule has 0 aromatic carbocycles. The third kappa shape index (κ3) is 1.76. The second-order valence-electron chi connectivity index (χ2n) is 5.01. The van der Waals surface area contributed by atoms with Crippen LogP contribution in [-0.2, 0) is 7.05 Å². The fourth-order valence-electron chi connectivity index (χ4n) is 2.19. The van der Waals surface area contributed by atoms with Gasteiger partial charge in [-0.1, -0.05) is 0 Å². The van der Waals surface area contributed by atoms with Crippen LogP contribution in [0.4, 0.5) is 11.8 Å². The van der Waals surface area contributed by atoms with Gasteiger partial charge in [0.25, 0.3) is 0 Å². The molecule has 18 heavy (non-hydrogen) atoms. The number of nitrogens with zero attached hydrogens (tertiary/aromatic N) is 4. The second kappa shape index (κ2) is 3.81. The molecule has 0 unspecified atom stereocenters. The van der Waals surface area contributed by atoms with Crippen molar-refractivity contribution < 1.29 is 0 Å². The number of aryl methyl sites for hydroxylation is 1. The molecule has 1 fully saturated rings. The Hall–Kier alpha value is -1.89. The van der Waals surface area contributed by atoms with E-state index in [1.165, 1.54) is 6.42 Å². The van der Waals surface area contributed by atoms with Crippen molar-refractivity contribution in [2.75, 3.05) is 17.6 Å². The van der Waals surface area contributed by atoms with Gasteiger partial charge in [-0.05, 0) is 19.3 Å². The molecule has 1 saturated carbocycles. The Bertz CT molecular complexity index is 584. The molecule has 0 amide bonds. The minimum absolute atomic E-state index is 0.112. The van der Waals surface area contributed by atoms with Crippen molar-refractivity contribution >= 4 is 22.8 Å². The van der Waals surface area contributed by atoms with E-state index in [1.807, 2.05) is 7.05 Å². The Balaban J connectivity index is 1.85. The Labute approximate surface area is 105 Å². The SMILES string of the molecule is Cn1ncc2c(N)nc(NCC3(N)CCC3)nc21. The number of anilines is 2. The zero-order valence-corrected chi connectivity index (χ0v) is 10.3. The van der Waals surface area contributed by atoms with E-state index in [0.29, 0.717) is 18.3 Å². The lowest BCUT2D eigenvalue weighted by molar-refractivity contribution is 0.265. The van der Waals surface area contributed by atoms with Crippen LogP contribution in [0.3, 0.4) is 0 Å². The molecule has 0 spiro atoms. The number of nitrogens with two attached hydrogens (primary N) is 2.